The number of rotatable bonds is 4. The summed E-state index contributed by atoms with van der Waals surface area (Å²) in [5.41, 5.74) is 0.774. The number of aromatic nitrogens is 4. The predicted octanol–water partition coefficient (Wildman–Crippen LogP) is 3.72. The number of hydrogen-bond acceptors (Lipinski definition) is 5. The highest BCUT2D eigenvalue weighted by atomic mass is 35.5. The molecule has 0 aliphatic carbocycles. The molecule has 1 N–H and O–H groups in total. The molecule has 0 saturated carbocycles. The number of hydrogen-bond donors (Lipinski definition) is 1. The van der Waals surface area contributed by atoms with Crippen LogP contribution in [0.3, 0.4) is 0 Å². The summed E-state index contributed by atoms with van der Waals surface area (Å²) >= 11 is 5.91. The molecule has 1 aromatic carbocycles. The van der Waals surface area contributed by atoms with E-state index in [1.165, 1.54) is 0 Å². The van der Waals surface area contributed by atoms with Gasteiger partial charge in [-0.3, -0.25) is 0 Å². The highest BCUT2D eigenvalue weighted by molar-refractivity contribution is 6.30. The topological polar surface area (TPSA) is 76.2 Å². The van der Waals surface area contributed by atoms with Crippen LogP contribution in [0, 0.1) is 5.41 Å². The Morgan fingerprint density at radius 3 is 2.30 bits per heavy atom. The third kappa shape index (κ3) is 4.07. The van der Waals surface area contributed by atoms with Crippen LogP contribution in [0.4, 0.5) is 0 Å². The Balaban J connectivity index is 2.45. The molecular weight excluding hydrogens is 314 g/mol. The van der Waals surface area contributed by atoms with E-state index < -0.39 is 0 Å². The lowest BCUT2D eigenvalue weighted by Gasteiger charge is -2.32. The summed E-state index contributed by atoms with van der Waals surface area (Å²) in [6, 6.07) is 7.01. The Hall–Kier alpha value is -1.95. The van der Waals surface area contributed by atoms with Crippen LogP contribution in [0.25, 0.3) is 0 Å². The fraction of sp³-hybridized carbons (Fsp3) is 0.500. The summed E-state index contributed by atoms with van der Waals surface area (Å²) < 4.78 is 1.71. The molecule has 0 aliphatic heterocycles. The number of nitrogens with zero attached hydrogens (tertiary/aromatic N) is 5. The summed E-state index contributed by atoms with van der Waals surface area (Å²) in [5.74, 6) is 0.420. The lowest BCUT2D eigenvalue weighted by atomic mass is 9.82. The standard InChI is InChI=1S/C16H22ClN5O/c1-15(2,3)10-16(4,5)22-14(18-20-21-22)13(19-23)11-6-8-12(17)9-7-11/h6-9,23H,10H2,1-5H3/b19-13-. The Morgan fingerprint density at radius 1 is 1.17 bits per heavy atom. The zero-order valence-corrected chi connectivity index (χ0v) is 14.8. The molecule has 0 bridgehead atoms. The van der Waals surface area contributed by atoms with Crippen LogP contribution < -0.4 is 0 Å². The van der Waals surface area contributed by atoms with Crippen molar-refractivity contribution in [1.29, 1.82) is 0 Å². The number of tetrazole rings is 1. The van der Waals surface area contributed by atoms with Crippen LogP contribution in [-0.2, 0) is 5.54 Å². The predicted molar refractivity (Wildman–Crippen MR) is 90.1 cm³/mol. The van der Waals surface area contributed by atoms with Crippen LogP contribution in [0.2, 0.25) is 5.02 Å². The van der Waals surface area contributed by atoms with E-state index in [1.54, 1.807) is 28.9 Å². The van der Waals surface area contributed by atoms with Crippen LogP contribution in [0.15, 0.2) is 29.4 Å². The molecule has 0 atom stereocenters. The van der Waals surface area contributed by atoms with E-state index in [0.717, 1.165) is 6.42 Å². The van der Waals surface area contributed by atoms with E-state index in [1.807, 2.05) is 0 Å². The summed E-state index contributed by atoms with van der Waals surface area (Å²) in [6.45, 7) is 10.6. The largest absolute Gasteiger partial charge is 0.410 e. The van der Waals surface area contributed by atoms with E-state index in [4.69, 9.17) is 11.6 Å². The molecule has 0 radical (unpaired) electrons. The van der Waals surface area contributed by atoms with Gasteiger partial charge in [-0.2, -0.15) is 0 Å². The van der Waals surface area contributed by atoms with Crippen molar-refractivity contribution in [3.63, 3.8) is 0 Å². The minimum atomic E-state index is -0.334. The van der Waals surface area contributed by atoms with Gasteiger partial charge in [0.2, 0.25) is 5.82 Å². The molecule has 1 heterocycles. The molecule has 7 heteroatoms. The van der Waals surface area contributed by atoms with E-state index in [0.29, 0.717) is 22.1 Å². The molecule has 0 aliphatic rings. The molecule has 23 heavy (non-hydrogen) atoms. The zero-order valence-electron chi connectivity index (χ0n) is 14.1. The fourth-order valence-corrected chi connectivity index (χ4v) is 3.08. The highest BCUT2D eigenvalue weighted by Crippen LogP contribution is 2.32. The van der Waals surface area contributed by atoms with Crippen LogP contribution in [-0.4, -0.2) is 31.1 Å². The zero-order chi connectivity index (χ0) is 17.3. The van der Waals surface area contributed by atoms with Gasteiger partial charge in [0.25, 0.3) is 0 Å². The molecule has 124 valence electrons. The van der Waals surface area contributed by atoms with Crippen molar-refractivity contribution < 1.29 is 5.21 Å². The van der Waals surface area contributed by atoms with Crippen molar-refractivity contribution in [3.05, 3.63) is 40.7 Å². The quantitative estimate of drug-likeness (QED) is 0.524. The molecular formula is C16H22ClN5O. The summed E-state index contributed by atoms with van der Waals surface area (Å²) in [6.07, 6.45) is 0.858. The first-order valence-electron chi connectivity index (χ1n) is 7.41. The SMILES string of the molecule is CC(C)(C)CC(C)(C)n1nnnc1/C(=N\O)c1ccc(Cl)cc1. The summed E-state index contributed by atoms with van der Waals surface area (Å²) in [5, 5.41) is 25.5. The third-order valence-corrected chi connectivity index (χ3v) is 3.69. The molecule has 1 aromatic heterocycles. The molecule has 0 saturated heterocycles. The maximum atomic E-state index is 9.49. The second-order valence-electron chi connectivity index (χ2n) is 7.42. The average Bonchev–Trinajstić information content (AvgIpc) is 2.89. The van der Waals surface area contributed by atoms with Crippen molar-refractivity contribution in [2.75, 3.05) is 0 Å². The number of benzene rings is 1. The maximum absolute atomic E-state index is 9.49. The van der Waals surface area contributed by atoms with Gasteiger partial charge >= 0.3 is 0 Å². The smallest absolute Gasteiger partial charge is 0.205 e. The molecule has 0 amide bonds. The molecule has 6 nitrogen and oxygen atoms in total. The average molecular weight is 336 g/mol. The minimum Gasteiger partial charge on any atom is -0.410 e. The van der Waals surface area contributed by atoms with Crippen molar-refractivity contribution in [2.24, 2.45) is 10.6 Å². The van der Waals surface area contributed by atoms with Gasteiger partial charge in [0, 0.05) is 10.6 Å². The molecule has 0 unspecified atom stereocenters. The van der Waals surface area contributed by atoms with Crippen molar-refractivity contribution in [1.82, 2.24) is 20.2 Å². The first-order valence-corrected chi connectivity index (χ1v) is 7.79. The van der Waals surface area contributed by atoms with Gasteiger partial charge in [0.1, 0.15) is 0 Å². The second-order valence-corrected chi connectivity index (χ2v) is 7.86. The highest BCUT2D eigenvalue weighted by Gasteiger charge is 2.32. The first-order chi connectivity index (χ1) is 10.6. The van der Waals surface area contributed by atoms with Gasteiger partial charge in [-0.1, -0.05) is 49.7 Å². The molecule has 2 aromatic rings. The van der Waals surface area contributed by atoms with Gasteiger partial charge in [-0.25, -0.2) is 4.68 Å². The monoisotopic (exact) mass is 335 g/mol. The van der Waals surface area contributed by atoms with E-state index >= 15 is 0 Å². The first kappa shape index (κ1) is 17.4. The van der Waals surface area contributed by atoms with E-state index in [2.05, 4.69) is 55.3 Å². The third-order valence-electron chi connectivity index (χ3n) is 3.44. The Morgan fingerprint density at radius 2 is 1.78 bits per heavy atom. The van der Waals surface area contributed by atoms with Gasteiger partial charge in [-0.15, -0.1) is 5.10 Å². The fourth-order valence-electron chi connectivity index (χ4n) is 2.95. The van der Waals surface area contributed by atoms with E-state index in [-0.39, 0.29) is 11.0 Å². The van der Waals surface area contributed by atoms with E-state index in [9.17, 15) is 5.21 Å². The number of oxime groups is 1. The van der Waals surface area contributed by atoms with Crippen molar-refractivity contribution in [2.45, 2.75) is 46.6 Å². The molecule has 0 spiro atoms. The summed E-state index contributed by atoms with van der Waals surface area (Å²) in [4.78, 5) is 0. The Kier molecular flexibility index (Phi) is 4.75. The van der Waals surface area contributed by atoms with Crippen LogP contribution in [0.1, 0.15) is 52.4 Å². The second kappa shape index (κ2) is 6.28. The van der Waals surface area contributed by atoms with Crippen LogP contribution >= 0.6 is 11.6 Å². The van der Waals surface area contributed by atoms with Crippen molar-refractivity contribution >= 4 is 17.3 Å². The Bertz CT molecular complexity index is 698. The lowest BCUT2D eigenvalue weighted by molar-refractivity contribution is 0.194. The van der Waals surface area contributed by atoms with Crippen molar-refractivity contribution in [3.8, 4) is 0 Å². The molecule has 2 rings (SSSR count). The van der Waals surface area contributed by atoms with Crippen LogP contribution in [0.5, 0.6) is 0 Å². The normalized spacial score (nSPS) is 13.4. The molecule has 0 fully saturated rings. The summed E-state index contributed by atoms with van der Waals surface area (Å²) in [7, 11) is 0. The lowest BCUT2D eigenvalue weighted by Crippen LogP contribution is -2.35. The number of halogens is 1. The van der Waals surface area contributed by atoms with Gasteiger partial charge in [0.05, 0.1) is 5.54 Å². The minimum absolute atomic E-state index is 0.101. The maximum Gasteiger partial charge on any atom is 0.205 e. The van der Waals surface area contributed by atoms with Gasteiger partial charge < -0.3 is 5.21 Å². The van der Waals surface area contributed by atoms with Gasteiger partial charge in [-0.05, 0) is 48.2 Å². The Labute approximate surface area is 141 Å². The van der Waals surface area contributed by atoms with Gasteiger partial charge in [0.15, 0.2) is 5.71 Å².